The Morgan fingerprint density at radius 2 is 1.56 bits per heavy atom. The molecule has 5 nitrogen and oxygen atoms in total. The normalized spacial score (nSPS) is 30.8. The largest absolute Gasteiger partial charge is 0.481 e. The maximum atomic E-state index is 13.0. The summed E-state index contributed by atoms with van der Waals surface area (Å²) in [6, 6.07) is 7.71. The number of halogens is 1. The second-order valence-corrected chi connectivity index (χ2v) is 7.56. The van der Waals surface area contributed by atoms with Crippen molar-refractivity contribution < 1.29 is 14.7 Å². The van der Waals surface area contributed by atoms with Crippen LogP contribution in [0.3, 0.4) is 0 Å². The molecule has 1 saturated heterocycles. The number of benzene rings is 1. The summed E-state index contributed by atoms with van der Waals surface area (Å²) in [5, 5.41) is 10.3. The van der Waals surface area contributed by atoms with Crippen LogP contribution in [-0.4, -0.2) is 48.1 Å². The molecule has 1 N–H and O–H groups in total. The highest BCUT2D eigenvalue weighted by molar-refractivity contribution is 6.30. The third-order valence-corrected chi connectivity index (χ3v) is 6.06. The molecule has 4 rings (SSSR count). The van der Waals surface area contributed by atoms with Crippen LogP contribution in [0.4, 0.5) is 5.69 Å². The Bertz CT molecular complexity index is 710. The van der Waals surface area contributed by atoms with E-state index in [2.05, 4.69) is 4.90 Å². The predicted molar refractivity (Wildman–Crippen MR) is 95.6 cm³/mol. The smallest absolute Gasteiger partial charge is 0.307 e. The molecule has 1 aromatic rings. The highest BCUT2D eigenvalue weighted by Gasteiger charge is 2.52. The minimum atomic E-state index is -0.838. The lowest BCUT2D eigenvalue weighted by atomic mass is 9.82. The zero-order valence-electron chi connectivity index (χ0n) is 13.8. The lowest BCUT2D eigenvalue weighted by molar-refractivity contribution is -0.151. The van der Waals surface area contributed by atoms with Crippen molar-refractivity contribution in [1.82, 2.24) is 4.90 Å². The van der Waals surface area contributed by atoms with E-state index in [0.29, 0.717) is 18.1 Å². The molecule has 1 aromatic carbocycles. The summed E-state index contributed by atoms with van der Waals surface area (Å²) in [5.74, 6) is -1.67. The number of carboxylic acids is 1. The molecule has 4 unspecified atom stereocenters. The second-order valence-electron chi connectivity index (χ2n) is 7.13. The number of hydrogen-bond acceptors (Lipinski definition) is 3. The van der Waals surface area contributed by atoms with Gasteiger partial charge in [0.2, 0.25) is 5.91 Å². The van der Waals surface area contributed by atoms with Crippen molar-refractivity contribution in [3.8, 4) is 0 Å². The number of fused-ring (bicyclic) bond motifs is 2. The molecule has 2 fully saturated rings. The van der Waals surface area contributed by atoms with Crippen LogP contribution in [0.25, 0.3) is 0 Å². The number of nitrogens with zero attached hydrogens (tertiary/aromatic N) is 2. The summed E-state index contributed by atoms with van der Waals surface area (Å²) in [5.41, 5.74) is 1.10. The molecule has 1 heterocycles. The van der Waals surface area contributed by atoms with Crippen LogP contribution < -0.4 is 4.90 Å². The fraction of sp³-hybridized carbons (Fsp3) is 0.474. The monoisotopic (exact) mass is 360 g/mol. The highest BCUT2D eigenvalue weighted by atomic mass is 35.5. The molecule has 0 aromatic heterocycles. The maximum Gasteiger partial charge on any atom is 0.307 e. The number of rotatable bonds is 3. The van der Waals surface area contributed by atoms with Gasteiger partial charge in [0.05, 0.1) is 11.8 Å². The van der Waals surface area contributed by atoms with Gasteiger partial charge in [0.1, 0.15) is 0 Å². The third kappa shape index (κ3) is 2.91. The van der Waals surface area contributed by atoms with E-state index in [1.165, 1.54) is 0 Å². The van der Waals surface area contributed by atoms with Gasteiger partial charge in [0.15, 0.2) is 0 Å². The van der Waals surface area contributed by atoms with Crippen LogP contribution in [0, 0.1) is 23.7 Å². The van der Waals surface area contributed by atoms with E-state index in [1.54, 1.807) is 0 Å². The predicted octanol–water partition coefficient (Wildman–Crippen LogP) is 2.51. The molecule has 1 aliphatic heterocycles. The van der Waals surface area contributed by atoms with Gasteiger partial charge in [-0.15, -0.1) is 0 Å². The maximum absolute atomic E-state index is 13.0. The molecule has 2 aliphatic carbocycles. The van der Waals surface area contributed by atoms with Gasteiger partial charge in [-0.05, 0) is 42.5 Å². The van der Waals surface area contributed by atoms with Gasteiger partial charge in [-0.1, -0.05) is 23.8 Å². The Balaban J connectivity index is 1.42. The first-order valence-electron chi connectivity index (χ1n) is 8.75. The van der Waals surface area contributed by atoms with Gasteiger partial charge in [0.25, 0.3) is 0 Å². The summed E-state index contributed by atoms with van der Waals surface area (Å²) in [6.45, 7) is 2.76. The van der Waals surface area contributed by atoms with Crippen LogP contribution in [0.15, 0.2) is 36.4 Å². The van der Waals surface area contributed by atoms with Crippen LogP contribution >= 0.6 is 11.6 Å². The van der Waals surface area contributed by atoms with Gasteiger partial charge in [-0.2, -0.15) is 0 Å². The summed E-state index contributed by atoms with van der Waals surface area (Å²) >= 11 is 5.93. The van der Waals surface area contributed by atoms with Gasteiger partial charge in [0, 0.05) is 36.9 Å². The second kappa shape index (κ2) is 6.37. The van der Waals surface area contributed by atoms with Crippen molar-refractivity contribution >= 4 is 29.2 Å². The van der Waals surface area contributed by atoms with E-state index in [4.69, 9.17) is 11.6 Å². The quantitative estimate of drug-likeness (QED) is 0.841. The summed E-state index contributed by atoms with van der Waals surface area (Å²) in [4.78, 5) is 28.7. The Kier molecular flexibility index (Phi) is 4.20. The number of amides is 1. The molecule has 1 saturated carbocycles. The summed E-state index contributed by atoms with van der Waals surface area (Å²) < 4.78 is 0. The van der Waals surface area contributed by atoms with E-state index >= 15 is 0 Å². The average molecular weight is 361 g/mol. The highest BCUT2D eigenvalue weighted by Crippen LogP contribution is 2.48. The van der Waals surface area contributed by atoms with Crippen molar-refractivity contribution in [1.29, 1.82) is 0 Å². The minimum absolute atomic E-state index is 0.0139. The fourth-order valence-electron chi connectivity index (χ4n) is 4.54. The van der Waals surface area contributed by atoms with E-state index in [1.807, 2.05) is 41.3 Å². The van der Waals surface area contributed by atoms with Crippen molar-refractivity contribution in [2.75, 3.05) is 31.1 Å². The topological polar surface area (TPSA) is 60.9 Å². The number of allylic oxidation sites excluding steroid dienone is 2. The molecule has 132 valence electrons. The van der Waals surface area contributed by atoms with Crippen LogP contribution in [0.2, 0.25) is 5.02 Å². The Morgan fingerprint density at radius 1 is 0.960 bits per heavy atom. The summed E-state index contributed by atoms with van der Waals surface area (Å²) in [7, 11) is 0. The van der Waals surface area contributed by atoms with Crippen LogP contribution in [0.5, 0.6) is 0 Å². The first-order valence-corrected chi connectivity index (χ1v) is 9.13. The molecule has 2 bridgehead atoms. The number of aliphatic carboxylic acids is 1. The summed E-state index contributed by atoms with van der Waals surface area (Å²) in [6.07, 6.45) is 4.82. The van der Waals surface area contributed by atoms with Gasteiger partial charge >= 0.3 is 5.97 Å². The van der Waals surface area contributed by atoms with E-state index in [9.17, 15) is 14.7 Å². The molecule has 0 spiro atoms. The van der Waals surface area contributed by atoms with Crippen molar-refractivity contribution in [3.05, 3.63) is 41.4 Å². The zero-order valence-corrected chi connectivity index (χ0v) is 14.6. The van der Waals surface area contributed by atoms with E-state index in [0.717, 1.165) is 25.2 Å². The van der Waals surface area contributed by atoms with Gasteiger partial charge in [-0.3, -0.25) is 9.59 Å². The first kappa shape index (κ1) is 16.5. The van der Waals surface area contributed by atoms with Crippen molar-refractivity contribution in [2.24, 2.45) is 23.7 Å². The zero-order chi connectivity index (χ0) is 17.6. The van der Waals surface area contributed by atoms with E-state index < -0.39 is 17.8 Å². The Morgan fingerprint density at radius 3 is 2.16 bits per heavy atom. The Hall–Kier alpha value is -2.01. The molecule has 1 amide bonds. The standard InChI is InChI=1S/C19H21ClN2O3/c20-14-3-5-15(6-4-14)21-7-9-22(10-8-21)18(23)16-12-1-2-13(11-12)17(16)19(24)25/h1-6,12-13,16-17H,7-11H2,(H,24,25). The number of carboxylic acid groups (broad SMARTS) is 1. The molecular weight excluding hydrogens is 340 g/mol. The fourth-order valence-corrected chi connectivity index (χ4v) is 4.67. The molecule has 0 radical (unpaired) electrons. The molecule has 6 heteroatoms. The van der Waals surface area contributed by atoms with Crippen molar-refractivity contribution in [2.45, 2.75) is 6.42 Å². The molecule has 3 aliphatic rings. The molecular formula is C19H21ClN2O3. The average Bonchev–Trinajstić information content (AvgIpc) is 3.23. The number of piperazine rings is 1. The number of carbonyl (C=O) groups excluding carboxylic acids is 1. The minimum Gasteiger partial charge on any atom is -0.481 e. The number of hydrogen-bond donors (Lipinski definition) is 1. The van der Waals surface area contributed by atoms with E-state index in [-0.39, 0.29) is 17.7 Å². The molecule has 25 heavy (non-hydrogen) atoms. The number of anilines is 1. The van der Waals surface area contributed by atoms with Gasteiger partial charge in [-0.25, -0.2) is 0 Å². The van der Waals surface area contributed by atoms with Gasteiger partial charge < -0.3 is 14.9 Å². The molecule has 4 atom stereocenters. The first-order chi connectivity index (χ1) is 12.0. The number of carbonyl (C=O) groups is 2. The SMILES string of the molecule is O=C(O)C1C2C=CC(C2)C1C(=O)N1CCN(c2ccc(Cl)cc2)CC1. The Labute approximate surface area is 151 Å². The lowest BCUT2D eigenvalue weighted by Crippen LogP contribution is -2.52. The third-order valence-electron chi connectivity index (χ3n) is 5.81. The lowest BCUT2D eigenvalue weighted by Gasteiger charge is -2.38. The van der Waals surface area contributed by atoms with Crippen LogP contribution in [-0.2, 0) is 9.59 Å². The van der Waals surface area contributed by atoms with Crippen LogP contribution in [0.1, 0.15) is 6.42 Å². The van der Waals surface area contributed by atoms with Crippen molar-refractivity contribution in [3.63, 3.8) is 0 Å².